The van der Waals surface area contributed by atoms with Crippen molar-refractivity contribution < 1.29 is 0 Å². The van der Waals surface area contributed by atoms with E-state index in [1.807, 2.05) is 0 Å². The zero-order chi connectivity index (χ0) is 15.7. The molecule has 2 heteroatoms. The van der Waals surface area contributed by atoms with Crippen LogP contribution in [0.4, 0.5) is 0 Å². The molecular formula is C19H32N2. The van der Waals surface area contributed by atoms with E-state index in [0.29, 0.717) is 0 Å². The Hall–Kier alpha value is -1.28. The highest BCUT2D eigenvalue weighted by molar-refractivity contribution is 5.83. The van der Waals surface area contributed by atoms with Crippen molar-refractivity contribution in [2.24, 2.45) is 0 Å². The zero-order valence-electron chi connectivity index (χ0n) is 14.5. The number of nitrogens with zero attached hydrogens (tertiary/aromatic N) is 2. The van der Waals surface area contributed by atoms with E-state index in [-0.39, 0.29) is 0 Å². The van der Waals surface area contributed by atoms with E-state index in [0.717, 1.165) is 19.5 Å². The highest BCUT2D eigenvalue weighted by atomic mass is 15.1. The normalized spacial score (nSPS) is 10.8. The fourth-order valence-electron chi connectivity index (χ4n) is 2.47. The molecule has 1 aromatic heterocycles. The molecule has 0 bridgehead atoms. The molecule has 0 N–H and O–H groups in total. The molecule has 0 spiro atoms. The van der Waals surface area contributed by atoms with Gasteiger partial charge in [-0.25, -0.2) is 0 Å². The van der Waals surface area contributed by atoms with Gasteiger partial charge in [-0.15, -0.1) is 0 Å². The summed E-state index contributed by atoms with van der Waals surface area (Å²) in [6.45, 7) is 8.79. The number of likely N-dealkylation sites (N-methyl/N-ethyl adjacent to an activating group) is 1. The second-order valence-electron chi connectivity index (χ2n) is 5.87. The number of rotatable bonds is 6. The summed E-state index contributed by atoms with van der Waals surface area (Å²) in [6.07, 6.45) is 7.38. The Morgan fingerprint density at radius 3 is 2.24 bits per heavy atom. The summed E-state index contributed by atoms with van der Waals surface area (Å²) in [7, 11) is 4.23. The molecule has 0 atom stereocenters. The summed E-state index contributed by atoms with van der Waals surface area (Å²) in [5.74, 6) is 0. The first kappa shape index (κ1) is 17.8. The number of para-hydroxylation sites is 1. The van der Waals surface area contributed by atoms with Crippen LogP contribution in [0.3, 0.4) is 0 Å². The van der Waals surface area contributed by atoms with Gasteiger partial charge in [0.05, 0.1) is 5.52 Å². The average molecular weight is 288 g/mol. The third-order valence-electron chi connectivity index (χ3n) is 3.75. The molecule has 2 rings (SSSR count). The van der Waals surface area contributed by atoms with Crippen molar-refractivity contribution in [2.75, 3.05) is 20.6 Å². The van der Waals surface area contributed by atoms with Crippen LogP contribution in [0.2, 0.25) is 0 Å². The molecule has 0 saturated heterocycles. The fraction of sp³-hybridized carbons (Fsp3) is 0.579. The Balaban J connectivity index is 0.000000383. The molecule has 0 aliphatic heterocycles. The number of hydrogen-bond donors (Lipinski definition) is 0. The predicted octanol–water partition coefficient (Wildman–Crippen LogP) is 4.96. The van der Waals surface area contributed by atoms with Gasteiger partial charge in [-0.05, 0) is 37.5 Å². The summed E-state index contributed by atoms with van der Waals surface area (Å²) in [6, 6.07) is 8.79. The number of benzene rings is 1. The lowest BCUT2D eigenvalue weighted by Gasteiger charge is -2.12. The molecular weight excluding hydrogens is 256 g/mol. The van der Waals surface area contributed by atoms with Gasteiger partial charge in [-0.2, -0.15) is 0 Å². The second kappa shape index (κ2) is 9.62. The van der Waals surface area contributed by atoms with Crippen molar-refractivity contribution >= 4 is 10.9 Å². The SMILES string of the molecule is CCCCC.CCc1cccc2ccn(CCN(C)C)c12. The molecule has 0 aliphatic rings. The Morgan fingerprint density at radius 2 is 1.71 bits per heavy atom. The van der Waals surface area contributed by atoms with Crippen LogP contribution in [0.5, 0.6) is 0 Å². The first-order valence-corrected chi connectivity index (χ1v) is 8.35. The van der Waals surface area contributed by atoms with Crippen molar-refractivity contribution in [1.82, 2.24) is 9.47 Å². The monoisotopic (exact) mass is 288 g/mol. The summed E-state index contributed by atoms with van der Waals surface area (Å²) in [5.41, 5.74) is 2.85. The van der Waals surface area contributed by atoms with E-state index in [4.69, 9.17) is 0 Å². The molecule has 0 saturated carbocycles. The minimum atomic E-state index is 1.06. The topological polar surface area (TPSA) is 8.17 Å². The van der Waals surface area contributed by atoms with Crippen LogP contribution in [-0.2, 0) is 13.0 Å². The van der Waals surface area contributed by atoms with Crippen LogP contribution in [0, 0.1) is 0 Å². The van der Waals surface area contributed by atoms with Gasteiger partial charge >= 0.3 is 0 Å². The molecule has 0 unspecified atom stereocenters. The molecule has 0 amide bonds. The van der Waals surface area contributed by atoms with E-state index in [1.165, 1.54) is 35.7 Å². The molecule has 2 aromatic rings. The zero-order valence-corrected chi connectivity index (χ0v) is 14.5. The Labute approximate surface area is 130 Å². The predicted molar refractivity (Wildman–Crippen MR) is 95.1 cm³/mol. The van der Waals surface area contributed by atoms with E-state index in [9.17, 15) is 0 Å². The summed E-state index contributed by atoms with van der Waals surface area (Å²) >= 11 is 0. The summed E-state index contributed by atoms with van der Waals surface area (Å²) in [5, 5.41) is 1.36. The third-order valence-corrected chi connectivity index (χ3v) is 3.75. The number of aryl methyl sites for hydroxylation is 1. The maximum atomic E-state index is 2.37. The van der Waals surface area contributed by atoms with Gasteiger partial charge in [0, 0.05) is 19.3 Å². The van der Waals surface area contributed by atoms with Gasteiger partial charge in [-0.3, -0.25) is 0 Å². The van der Waals surface area contributed by atoms with Crippen LogP contribution in [0.25, 0.3) is 10.9 Å². The van der Waals surface area contributed by atoms with Crippen LogP contribution in [0.1, 0.15) is 45.6 Å². The Morgan fingerprint density at radius 1 is 1.00 bits per heavy atom. The van der Waals surface area contributed by atoms with Crippen molar-refractivity contribution in [3.8, 4) is 0 Å². The van der Waals surface area contributed by atoms with E-state index in [2.05, 4.69) is 74.8 Å². The highest BCUT2D eigenvalue weighted by Gasteiger charge is 2.04. The van der Waals surface area contributed by atoms with Gasteiger partial charge in [0.1, 0.15) is 0 Å². The van der Waals surface area contributed by atoms with Crippen molar-refractivity contribution in [1.29, 1.82) is 0 Å². The number of hydrogen-bond acceptors (Lipinski definition) is 1. The summed E-state index contributed by atoms with van der Waals surface area (Å²) < 4.78 is 2.37. The smallest absolute Gasteiger partial charge is 0.0513 e. The number of fused-ring (bicyclic) bond motifs is 1. The highest BCUT2D eigenvalue weighted by Crippen LogP contribution is 2.20. The Kier molecular flexibility index (Phi) is 8.14. The van der Waals surface area contributed by atoms with Crippen LogP contribution in [0.15, 0.2) is 30.5 Å². The third kappa shape index (κ3) is 5.55. The lowest BCUT2D eigenvalue weighted by molar-refractivity contribution is 0.387. The molecule has 1 heterocycles. The standard InChI is InChI=1S/C14H20N2.C5H12/c1-4-12-6-5-7-13-8-9-16(14(12)13)11-10-15(2)3;1-3-5-4-2/h5-9H,4,10-11H2,1-3H3;3-5H2,1-2H3. The fourth-order valence-corrected chi connectivity index (χ4v) is 2.47. The van der Waals surface area contributed by atoms with Crippen LogP contribution in [-0.4, -0.2) is 30.1 Å². The summed E-state index contributed by atoms with van der Waals surface area (Å²) in [4.78, 5) is 2.22. The maximum absolute atomic E-state index is 2.37. The minimum absolute atomic E-state index is 1.06. The number of unbranched alkanes of at least 4 members (excludes halogenated alkanes) is 2. The molecule has 0 aliphatic carbocycles. The van der Waals surface area contributed by atoms with Crippen molar-refractivity contribution in [3.63, 3.8) is 0 Å². The molecule has 0 fully saturated rings. The van der Waals surface area contributed by atoms with Crippen LogP contribution >= 0.6 is 0 Å². The van der Waals surface area contributed by atoms with Gasteiger partial charge < -0.3 is 9.47 Å². The van der Waals surface area contributed by atoms with E-state index < -0.39 is 0 Å². The second-order valence-corrected chi connectivity index (χ2v) is 5.87. The van der Waals surface area contributed by atoms with Crippen LogP contribution < -0.4 is 0 Å². The quantitative estimate of drug-likeness (QED) is 0.729. The largest absolute Gasteiger partial charge is 0.346 e. The van der Waals surface area contributed by atoms with Gasteiger partial charge in [-0.1, -0.05) is 58.2 Å². The first-order chi connectivity index (χ1) is 10.1. The van der Waals surface area contributed by atoms with Gasteiger partial charge in [0.2, 0.25) is 0 Å². The lowest BCUT2D eigenvalue weighted by atomic mass is 10.1. The Bertz CT molecular complexity index is 509. The maximum Gasteiger partial charge on any atom is 0.0513 e. The number of aromatic nitrogens is 1. The molecule has 2 nitrogen and oxygen atoms in total. The molecule has 21 heavy (non-hydrogen) atoms. The van der Waals surface area contributed by atoms with Crippen molar-refractivity contribution in [3.05, 3.63) is 36.0 Å². The molecule has 1 aromatic carbocycles. The lowest BCUT2D eigenvalue weighted by Crippen LogP contribution is -2.18. The molecule has 118 valence electrons. The van der Waals surface area contributed by atoms with E-state index >= 15 is 0 Å². The van der Waals surface area contributed by atoms with Gasteiger partial charge in [0.25, 0.3) is 0 Å². The minimum Gasteiger partial charge on any atom is -0.346 e. The molecule has 0 radical (unpaired) electrons. The van der Waals surface area contributed by atoms with E-state index in [1.54, 1.807) is 0 Å². The average Bonchev–Trinajstić information content (AvgIpc) is 2.90. The first-order valence-electron chi connectivity index (χ1n) is 8.35. The van der Waals surface area contributed by atoms with Gasteiger partial charge in [0.15, 0.2) is 0 Å². The van der Waals surface area contributed by atoms with Crippen molar-refractivity contribution in [2.45, 2.75) is 53.0 Å².